The number of thiazole rings is 1. The summed E-state index contributed by atoms with van der Waals surface area (Å²) >= 11 is 1.53. The number of aryl methyl sites for hydroxylation is 1. The molecule has 0 atom stereocenters. The highest BCUT2D eigenvalue weighted by Crippen LogP contribution is 2.28. The Morgan fingerprint density at radius 3 is 2.70 bits per heavy atom. The van der Waals surface area contributed by atoms with Gasteiger partial charge in [-0.3, -0.25) is 9.69 Å². The molecular formula is C16H14N2OS. The number of hydrogen-bond acceptors (Lipinski definition) is 3. The zero-order valence-corrected chi connectivity index (χ0v) is 12.1. The first-order chi connectivity index (χ1) is 9.65. The van der Waals surface area contributed by atoms with Crippen molar-refractivity contribution in [3.63, 3.8) is 0 Å². The first-order valence-electron chi connectivity index (χ1n) is 6.35. The maximum atomic E-state index is 12.5. The van der Waals surface area contributed by atoms with E-state index < -0.39 is 0 Å². The van der Waals surface area contributed by atoms with Crippen LogP contribution in [0, 0.1) is 6.92 Å². The molecule has 0 fully saturated rings. The Balaban J connectivity index is 1.95. The Morgan fingerprint density at radius 1 is 1.15 bits per heavy atom. The van der Waals surface area contributed by atoms with E-state index in [2.05, 4.69) is 4.98 Å². The van der Waals surface area contributed by atoms with Gasteiger partial charge in [0, 0.05) is 12.6 Å². The summed E-state index contributed by atoms with van der Waals surface area (Å²) in [7, 11) is 1.77. The second-order valence-corrected chi connectivity index (χ2v) is 5.71. The van der Waals surface area contributed by atoms with Crippen molar-refractivity contribution in [2.45, 2.75) is 6.92 Å². The van der Waals surface area contributed by atoms with E-state index in [1.54, 1.807) is 11.9 Å². The topological polar surface area (TPSA) is 33.2 Å². The van der Waals surface area contributed by atoms with E-state index >= 15 is 0 Å². The van der Waals surface area contributed by atoms with Gasteiger partial charge in [0.15, 0.2) is 5.13 Å². The molecule has 0 bridgehead atoms. The maximum absolute atomic E-state index is 12.5. The first-order valence-corrected chi connectivity index (χ1v) is 7.17. The third-order valence-electron chi connectivity index (χ3n) is 3.14. The van der Waals surface area contributed by atoms with E-state index in [1.165, 1.54) is 11.3 Å². The summed E-state index contributed by atoms with van der Waals surface area (Å²) in [6, 6.07) is 15.5. The number of anilines is 1. The first kappa shape index (κ1) is 12.8. The summed E-state index contributed by atoms with van der Waals surface area (Å²) in [4.78, 5) is 18.6. The molecule has 0 saturated carbocycles. The summed E-state index contributed by atoms with van der Waals surface area (Å²) in [6.45, 7) is 1.98. The van der Waals surface area contributed by atoms with E-state index in [0.29, 0.717) is 5.56 Å². The highest BCUT2D eigenvalue weighted by molar-refractivity contribution is 7.22. The van der Waals surface area contributed by atoms with Crippen LogP contribution in [0.25, 0.3) is 10.2 Å². The van der Waals surface area contributed by atoms with Gasteiger partial charge in [-0.15, -0.1) is 0 Å². The molecular weight excluding hydrogens is 268 g/mol. The highest BCUT2D eigenvalue weighted by Gasteiger charge is 2.16. The molecule has 0 spiro atoms. The van der Waals surface area contributed by atoms with Gasteiger partial charge in [0.2, 0.25) is 0 Å². The lowest BCUT2D eigenvalue weighted by molar-refractivity contribution is 0.0993. The molecule has 0 radical (unpaired) electrons. The molecule has 0 saturated heterocycles. The molecule has 100 valence electrons. The molecule has 0 aliphatic heterocycles. The van der Waals surface area contributed by atoms with Crippen molar-refractivity contribution < 1.29 is 4.79 Å². The molecule has 3 nitrogen and oxygen atoms in total. The number of fused-ring (bicyclic) bond motifs is 1. The van der Waals surface area contributed by atoms with Crippen LogP contribution in [-0.4, -0.2) is 17.9 Å². The van der Waals surface area contributed by atoms with Crippen LogP contribution in [0.1, 0.15) is 15.9 Å². The number of rotatable bonds is 2. The van der Waals surface area contributed by atoms with Gasteiger partial charge in [-0.05, 0) is 31.2 Å². The SMILES string of the molecule is Cc1cccc(C(=O)N(C)c2nc3ccccc3s2)c1. The number of para-hydroxylation sites is 1. The van der Waals surface area contributed by atoms with Crippen LogP contribution >= 0.6 is 11.3 Å². The molecule has 4 heteroatoms. The van der Waals surface area contributed by atoms with Crippen molar-refractivity contribution in [1.29, 1.82) is 0 Å². The van der Waals surface area contributed by atoms with Crippen LogP contribution in [0.3, 0.4) is 0 Å². The smallest absolute Gasteiger partial charge is 0.259 e. The molecule has 1 heterocycles. The molecule has 0 N–H and O–H groups in total. The van der Waals surface area contributed by atoms with Gasteiger partial charge >= 0.3 is 0 Å². The van der Waals surface area contributed by atoms with E-state index in [-0.39, 0.29) is 5.91 Å². The molecule has 3 aromatic rings. The molecule has 3 rings (SSSR count). The normalized spacial score (nSPS) is 10.7. The van der Waals surface area contributed by atoms with Crippen molar-refractivity contribution in [1.82, 2.24) is 4.98 Å². The molecule has 2 aromatic carbocycles. The van der Waals surface area contributed by atoms with E-state index in [0.717, 1.165) is 20.9 Å². The second kappa shape index (κ2) is 5.06. The highest BCUT2D eigenvalue weighted by atomic mass is 32.1. The summed E-state index contributed by atoms with van der Waals surface area (Å²) in [5.74, 6) is -0.0345. The number of amides is 1. The minimum atomic E-state index is -0.0345. The van der Waals surface area contributed by atoms with Crippen LogP contribution in [0.5, 0.6) is 0 Å². The predicted octanol–water partition coefficient (Wildman–Crippen LogP) is 3.88. The number of carbonyl (C=O) groups excluding carboxylic acids is 1. The van der Waals surface area contributed by atoms with Crippen LogP contribution in [0.4, 0.5) is 5.13 Å². The number of benzene rings is 2. The Hall–Kier alpha value is -2.20. The summed E-state index contributed by atoms with van der Waals surface area (Å²) in [5.41, 5.74) is 2.69. The molecule has 1 amide bonds. The van der Waals surface area contributed by atoms with Crippen molar-refractivity contribution in [3.05, 3.63) is 59.7 Å². The number of nitrogens with zero attached hydrogens (tertiary/aromatic N) is 2. The zero-order chi connectivity index (χ0) is 14.1. The van der Waals surface area contributed by atoms with Crippen molar-refractivity contribution in [2.75, 3.05) is 11.9 Å². The van der Waals surface area contributed by atoms with Crippen LogP contribution < -0.4 is 4.90 Å². The largest absolute Gasteiger partial charge is 0.287 e. The summed E-state index contributed by atoms with van der Waals surface area (Å²) < 4.78 is 1.09. The van der Waals surface area contributed by atoms with Crippen LogP contribution in [-0.2, 0) is 0 Å². The van der Waals surface area contributed by atoms with Crippen molar-refractivity contribution >= 4 is 32.6 Å². The molecule has 20 heavy (non-hydrogen) atoms. The number of aromatic nitrogens is 1. The Bertz CT molecular complexity index is 746. The molecule has 0 aliphatic carbocycles. The van der Waals surface area contributed by atoms with Gasteiger partial charge in [-0.25, -0.2) is 4.98 Å². The monoisotopic (exact) mass is 282 g/mol. The molecule has 0 aliphatic rings. The van der Waals surface area contributed by atoms with Gasteiger partial charge in [0.05, 0.1) is 10.2 Å². The second-order valence-electron chi connectivity index (χ2n) is 4.70. The van der Waals surface area contributed by atoms with Gasteiger partial charge in [0.1, 0.15) is 0 Å². The van der Waals surface area contributed by atoms with E-state index in [1.807, 2.05) is 55.5 Å². The van der Waals surface area contributed by atoms with Gasteiger partial charge < -0.3 is 0 Å². The Morgan fingerprint density at radius 2 is 1.95 bits per heavy atom. The van der Waals surface area contributed by atoms with Gasteiger partial charge in [-0.1, -0.05) is 41.2 Å². The third-order valence-corrected chi connectivity index (χ3v) is 4.25. The lowest BCUT2D eigenvalue weighted by atomic mass is 10.1. The van der Waals surface area contributed by atoms with E-state index in [9.17, 15) is 4.79 Å². The van der Waals surface area contributed by atoms with Crippen molar-refractivity contribution in [2.24, 2.45) is 0 Å². The number of hydrogen-bond donors (Lipinski definition) is 0. The lowest BCUT2D eigenvalue weighted by Crippen LogP contribution is -2.26. The zero-order valence-electron chi connectivity index (χ0n) is 11.3. The third kappa shape index (κ3) is 2.30. The Labute approximate surface area is 121 Å². The molecule has 1 aromatic heterocycles. The summed E-state index contributed by atoms with van der Waals surface area (Å²) in [5, 5.41) is 0.720. The lowest BCUT2D eigenvalue weighted by Gasteiger charge is -2.13. The minimum absolute atomic E-state index is 0.0345. The van der Waals surface area contributed by atoms with Crippen LogP contribution in [0.15, 0.2) is 48.5 Å². The fraction of sp³-hybridized carbons (Fsp3) is 0.125. The van der Waals surface area contributed by atoms with Gasteiger partial charge in [0.25, 0.3) is 5.91 Å². The van der Waals surface area contributed by atoms with Gasteiger partial charge in [-0.2, -0.15) is 0 Å². The van der Waals surface area contributed by atoms with E-state index in [4.69, 9.17) is 0 Å². The minimum Gasteiger partial charge on any atom is -0.287 e. The predicted molar refractivity (Wildman–Crippen MR) is 83.5 cm³/mol. The van der Waals surface area contributed by atoms with Crippen molar-refractivity contribution in [3.8, 4) is 0 Å². The fourth-order valence-electron chi connectivity index (χ4n) is 2.06. The fourth-order valence-corrected chi connectivity index (χ4v) is 2.99. The maximum Gasteiger partial charge on any atom is 0.259 e. The average Bonchev–Trinajstić information content (AvgIpc) is 2.89. The quantitative estimate of drug-likeness (QED) is 0.714. The number of carbonyl (C=O) groups is 1. The average molecular weight is 282 g/mol. The van der Waals surface area contributed by atoms with Crippen LogP contribution in [0.2, 0.25) is 0 Å². The standard InChI is InChI=1S/C16H14N2OS/c1-11-6-5-7-12(10-11)15(19)18(2)16-17-13-8-3-4-9-14(13)20-16/h3-10H,1-2H3. The Kier molecular flexibility index (Phi) is 3.24. The molecule has 0 unspecified atom stereocenters. The summed E-state index contributed by atoms with van der Waals surface area (Å²) in [6.07, 6.45) is 0.